The number of carbonyl (C=O) groups is 1. The SMILES string of the molecule is O=C(OCC12CCCC(CC(O)C1)C2)C(F)(F)SOOO. The van der Waals surface area contributed by atoms with Crippen LogP contribution in [0, 0.1) is 11.3 Å². The molecular formula is C12H18F2O6S. The molecule has 122 valence electrons. The van der Waals surface area contributed by atoms with Crippen molar-refractivity contribution in [3.8, 4) is 0 Å². The van der Waals surface area contributed by atoms with Gasteiger partial charge in [0.15, 0.2) is 0 Å². The molecule has 3 atom stereocenters. The second-order valence-electron chi connectivity index (χ2n) is 5.87. The van der Waals surface area contributed by atoms with E-state index in [2.05, 4.69) is 9.37 Å². The van der Waals surface area contributed by atoms with Crippen LogP contribution in [0.2, 0.25) is 0 Å². The van der Waals surface area contributed by atoms with Crippen LogP contribution in [0.15, 0.2) is 0 Å². The number of esters is 1. The van der Waals surface area contributed by atoms with Crippen molar-refractivity contribution in [1.29, 1.82) is 0 Å². The molecule has 0 aromatic heterocycles. The highest BCUT2D eigenvalue weighted by Gasteiger charge is 2.47. The molecule has 0 aliphatic heterocycles. The molecule has 0 amide bonds. The molecule has 0 saturated heterocycles. The highest BCUT2D eigenvalue weighted by Crippen LogP contribution is 2.49. The van der Waals surface area contributed by atoms with Gasteiger partial charge in [-0.1, -0.05) is 17.9 Å². The van der Waals surface area contributed by atoms with Gasteiger partial charge in [0, 0.05) is 5.41 Å². The molecule has 0 aromatic carbocycles. The van der Waals surface area contributed by atoms with E-state index in [1.165, 1.54) is 0 Å². The molecule has 0 radical (unpaired) electrons. The topological polar surface area (TPSA) is 85.2 Å². The number of halogens is 2. The van der Waals surface area contributed by atoms with E-state index in [0.717, 1.165) is 32.1 Å². The molecule has 2 N–H and O–H groups in total. The van der Waals surface area contributed by atoms with Crippen molar-refractivity contribution in [3.05, 3.63) is 0 Å². The molecular weight excluding hydrogens is 310 g/mol. The fourth-order valence-corrected chi connectivity index (χ4v) is 3.76. The maximum atomic E-state index is 13.3. The lowest BCUT2D eigenvalue weighted by atomic mass is 9.61. The Kier molecular flexibility index (Phi) is 5.42. The van der Waals surface area contributed by atoms with Crippen LogP contribution in [0.1, 0.15) is 38.5 Å². The van der Waals surface area contributed by atoms with Gasteiger partial charge in [-0.25, -0.2) is 10.1 Å². The molecule has 2 aliphatic carbocycles. The van der Waals surface area contributed by atoms with E-state index in [9.17, 15) is 18.7 Å². The highest BCUT2D eigenvalue weighted by molar-refractivity contribution is 7.96. The Morgan fingerprint density at radius 2 is 2.19 bits per heavy atom. The quantitative estimate of drug-likeness (QED) is 0.335. The first-order valence-electron chi connectivity index (χ1n) is 6.76. The van der Waals surface area contributed by atoms with Crippen LogP contribution in [0.5, 0.6) is 0 Å². The Balaban J connectivity index is 1.90. The standard InChI is InChI=1S/C12H18F2O6S/c13-12(14,21-20-19-17)10(16)18-7-11-3-1-2-8(5-11)4-9(15)6-11/h8-9,15,17H,1-7H2. The highest BCUT2D eigenvalue weighted by atomic mass is 32.2. The van der Waals surface area contributed by atoms with E-state index in [0.29, 0.717) is 12.3 Å². The second kappa shape index (κ2) is 6.74. The van der Waals surface area contributed by atoms with E-state index in [1.807, 2.05) is 0 Å². The molecule has 0 aromatic rings. The lowest BCUT2D eigenvalue weighted by Gasteiger charge is -2.46. The molecule has 0 heterocycles. The molecule has 6 nitrogen and oxygen atoms in total. The molecule has 0 spiro atoms. The van der Waals surface area contributed by atoms with E-state index in [4.69, 9.17) is 9.99 Å². The Morgan fingerprint density at radius 1 is 1.43 bits per heavy atom. The third-order valence-electron chi connectivity index (χ3n) is 4.23. The monoisotopic (exact) mass is 328 g/mol. The average Bonchev–Trinajstić information content (AvgIpc) is 2.42. The summed E-state index contributed by atoms with van der Waals surface area (Å²) in [6.07, 6.45) is 4.22. The van der Waals surface area contributed by atoms with Crippen LogP contribution in [0.3, 0.4) is 0 Å². The first-order valence-corrected chi connectivity index (χ1v) is 7.50. The number of ether oxygens (including phenoxy) is 1. The Morgan fingerprint density at radius 3 is 2.90 bits per heavy atom. The van der Waals surface area contributed by atoms with Gasteiger partial charge in [-0.15, -0.1) is 4.33 Å². The molecule has 2 rings (SSSR count). The molecule has 9 heteroatoms. The summed E-state index contributed by atoms with van der Waals surface area (Å²) in [6.45, 7) is -0.143. The fourth-order valence-electron chi connectivity index (χ4n) is 3.52. The number of aliphatic hydroxyl groups is 1. The van der Waals surface area contributed by atoms with Crippen molar-refractivity contribution in [3.63, 3.8) is 0 Å². The molecule has 3 unspecified atom stereocenters. The lowest BCUT2D eigenvalue weighted by Crippen LogP contribution is -2.43. The van der Waals surface area contributed by atoms with Gasteiger partial charge < -0.3 is 9.84 Å². The minimum atomic E-state index is -3.97. The van der Waals surface area contributed by atoms with Gasteiger partial charge in [-0.2, -0.15) is 8.78 Å². The van der Waals surface area contributed by atoms with Crippen molar-refractivity contribution in [2.45, 2.75) is 49.9 Å². The summed E-state index contributed by atoms with van der Waals surface area (Å²) in [7, 11) is 0. The molecule has 2 aliphatic rings. The summed E-state index contributed by atoms with van der Waals surface area (Å²) in [5.74, 6) is -1.39. The Bertz CT molecular complexity index is 379. The number of hydrogen-bond donors (Lipinski definition) is 2. The molecule has 2 bridgehead atoms. The van der Waals surface area contributed by atoms with Crippen LogP contribution in [0.4, 0.5) is 8.78 Å². The smallest absolute Gasteiger partial charge is 0.415 e. The van der Waals surface area contributed by atoms with Crippen molar-refractivity contribution in [1.82, 2.24) is 0 Å². The van der Waals surface area contributed by atoms with E-state index in [-0.39, 0.29) is 6.61 Å². The van der Waals surface area contributed by atoms with Crippen LogP contribution < -0.4 is 0 Å². The minimum absolute atomic E-state index is 0.143. The van der Waals surface area contributed by atoms with Gasteiger partial charge >= 0.3 is 11.2 Å². The van der Waals surface area contributed by atoms with Crippen LogP contribution in [0.25, 0.3) is 0 Å². The average molecular weight is 328 g/mol. The van der Waals surface area contributed by atoms with Crippen LogP contribution in [-0.4, -0.2) is 34.3 Å². The first-order chi connectivity index (χ1) is 9.87. The molecule has 21 heavy (non-hydrogen) atoms. The maximum Gasteiger partial charge on any atom is 0.415 e. The summed E-state index contributed by atoms with van der Waals surface area (Å²) in [5, 5.41) is 16.8. The van der Waals surface area contributed by atoms with Crippen molar-refractivity contribution >= 4 is 18.0 Å². The fraction of sp³-hybridized carbons (Fsp3) is 0.917. The minimum Gasteiger partial charge on any atom is -0.460 e. The molecule has 2 saturated carbocycles. The van der Waals surface area contributed by atoms with Gasteiger partial charge in [0.25, 0.3) is 0 Å². The predicted octanol–water partition coefficient (Wildman–Crippen LogP) is 2.52. The summed E-state index contributed by atoms with van der Waals surface area (Å²) in [4.78, 5) is 11.4. The van der Waals surface area contributed by atoms with Crippen LogP contribution in [-0.2, 0) is 18.9 Å². The van der Waals surface area contributed by atoms with Gasteiger partial charge in [0.2, 0.25) is 0 Å². The first kappa shape index (κ1) is 16.9. The Labute approximate surface area is 124 Å². The normalized spacial score (nSPS) is 32.8. The predicted molar refractivity (Wildman–Crippen MR) is 67.9 cm³/mol. The second-order valence-corrected chi connectivity index (χ2v) is 6.69. The van der Waals surface area contributed by atoms with Crippen molar-refractivity contribution < 1.29 is 38.0 Å². The third-order valence-corrected chi connectivity index (χ3v) is 4.74. The lowest BCUT2D eigenvalue weighted by molar-refractivity contribution is -0.433. The van der Waals surface area contributed by atoms with Gasteiger partial charge in [-0.3, -0.25) is 0 Å². The number of alkyl halides is 2. The number of aliphatic hydroxyl groups excluding tert-OH is 1. The van der Waals surface area contributed by atoms with Gasteiger partial charge in [0.05, 0.1) is 12.7 Å². The maximum absolute atomic E-state index is 13.3. The number of carbonyl (C=O) groups excluding carboxylic acids is 1. The zero-order valence-electron chi connectivity index (χ0n) is 11.3. The zero-order valence-corrected chi connectivity index (χ0v) is 12.1. The molecule has 2 fully saturated rings. The van der Waals surface area contributed by atoms with Crippen molar-refractivity contribution in [2.24, 2.45) is 11.3 Å². The van der Waals surface area contributed by atoms with Crippen molar-refractivity contribution in [2.75, 3.05) is 6.61 Å². The number of fused-ring (bicyclic) bond motifs is 2. The summed E-state index contributed by atoms with van der Waals surface area (Å²) in [6, 6.07) is 0. The number of rotatable bonds is 6. The summed E-state index contributed by atoms with van der Waals surface area (Å²) >= 11 is -0.634. The van der Waals surface area contributed by atoms with Gasteiger partial charge in [-0.05, 0) is 31.6 Å². The number of hydrogen-bond acceptors (Lipinski definition) is 7. The van der Waals surface area contributed by atoms with E-state index in [1.54, 1.807) is 0 Å². The third kappa shape index (κ3) is 4.26. The van der Waals surface area contributed by atoms with E-state index < -0.39 is 34.8 Å². The van der Waals surface area contributed by atoms with E-state index >= 15 is 0 Å². The van der Waals surface area contributed by atoms with Gasteiger partial charge in [0.1, 0.15) is 12.0 Å². The zero-order chi connectivity index (χ0) is 15.5. The Hall–Kier alpha value is -0.480. The summed E-state index contributed by atoms with van der Waals surface area (Å²) in [5.41, 5.74) is -0.411. The summed E-state index contributed by atoms with van der Waals surface area (Å²) < 4.78 is 34.9. The largest absolute Gasteiger partial charge is 0.460 e. The van der Waals surface area contributed by atoms with Crippen LogP contribution >= 0.6 is 12.0 Å².